The fraction of sp³-hybridized carbons (Fsp3) is 0.483. The molecule has 0 bridgehead atoms. The number of rotatable bonds is 7. The van der Waals surface area contributed by atoms with Crippen LogP contribution in [0.25, 0.3) is 11.5 Å². The van der Waals surface area contributed by atoms with E-state index in [1.54, 1.807) is 25.7 Å². The lowest BCUT2D eigenvalue weighted by Crippen LogP contribution is -2.69. The fourth-order valence-electron chi connectivity index (χ4n) is 5.14. The van der Waals surface area contributed by atoms with E-state index in [-0.39, 0.29) is 48.9 Å². The molecule has 230 valence electrons. The SMILES string of the molecule is CC(C)(C)OC(=O)N1CCC(N2CC(F)(C(=O)N(Cc3ccc(-c4nnc(C(F)F)o4)cn3)c3cccc(F)c3)C2)CC1. The van der Waals surface area contributed by atoms with Gasteiger partial charge in [0.25, 0.3) is 11.8 Å². The normalized spacial score (nSPS) is 17.5. The molecule has 5 rings (SSSR count). The molecule has 0 spiro atoms. The molecule has 2 aliphatic rings. The number of nitrogens with zero attached hydrogens (tertiary/aromatic N) is 6. The monoisotopic (exact) mass is 604 g/mol. The van der Waals surface area contributed by atoms with Gasteiger partial charge in [0.05, 0.1) is 17.8 Å². The van der Waals surface area contributed by atoms with Crippen molar-refractivity contribution in [2.24, 2.45) is 0 Å². The van der Waals surface area contributed by atoms with Crippen LogP contribution in [0.4, 0.5) is 28.0 Å². The second-order valence-corrected chi connectivity index (χ2v) is 11.7. The highest BCUT2D eigenvalue weighted by molar-refractivity contribution is 6.00. The van der Waals surface area contributed by atoms with Crippen LogP contribution >= 0.6 is 0 Å². The molecule has 0 N–H and O–H groups in total. The predicted molar refractivity (Wildman–Crippen MR) is 146 cm³/mol. The molecule has 4 heterocycles. The number of ether oxygens (including phenoxy) is 1. The Morgan fingerprint density at radius 1 is 1.14 bits per heavy atom. The van der Waals surface area contributed by atoms with Gasteiger partial charge in [-0.25, -0.2) is 13.6 Å². The second kappa shape index (κ2) is 11.9. The largest absolute Gasteiger partial charge is 0.444 e. The molecule has 14 heteroatoms. The Bertz CT molecular complexity index is 1450. The van der Waals surface area contributed by atoms with Gasteiger partial charge < -0.3 is 19.0 Å². The van der Waals surface area contributed by atoms with Crippen molar-refractivity contribution in [1.29, 1.82) is 0 Å². The predicted octanol–water partition coefficient (Wildman–Crippen LogP) is 5.16. The Kier molecular flexibility index (Phi) is 8.41. The highest BCUT2D eigenvalue weighted by Crippen LogP contribution is 2.35. The molecule has 43 heavy (non-hydrogen) atoms. The number of likely N-dealkylation sites (tertiary alicyclic amines) is 2. The zero-order valence-electron chi connectivity index (χ0n) is 24.0. The van der Waals surface area contributed by atoms with Crippen LogP contribution in [0.2, 0.25) is 0 Å². The van der Waals surface area contributed by atoms with E-state index in [1.165, 1.54) is 36.5 Å². The third-order valence-corrected chi connectivity index (χ3v) is 7.31. The summed E-state index contributed by atoms with van der Waals surface area (Å²) >= 11 is 0. The van der Waals surface area contributed by atoms with Crippen LogP contribution in [0.5, 0.6) is 0 Å². The smallest absolute Gasteiger partial charge is 0.410 e. The summed E-state index contributed by atoms with van der Waals surface area (Å²) in [5, 5.41) is 6.87. The second-order valence-electron chi connectivity index (χ2n) is 11.7. The molecular formula is C29H32F4N6O4. The first-order valence-corrected chi connectivity index (χ1v) is 13.9. The molecule has 0 atom stereocenters. The van der Waals surface area contributed by atoms with E-state index in [0.717, 1.165) is 11.0 Å². The van der Waals surface area contributed by atoms with Crippen molar-refractivity contribution in [1.82, 2.24) is 25.0 Å². The number of carbonyl (C=O) groups is 2. The minimum atomic E-state index is -2.92. The number of alkyl halides is 3. The first kappa shape index (κ1) is 30.4. The summed E-state index contributed by atoms with van der Waals surface area (Å²) in [5.41, 5.74) is -2.02. The van der Waals surface area contributed by atoms with Gasteiger partial charge in [-0.05, 0) is 63.9 Å². The van der Waals surface area contributed by atoms with Crippen molar-refractivity contribution in [3.63, 3.8) is 0 Å². The molecule has 2 fully saturated rings. The molecule has 0 saturated carbocycles. The summed E-state index contributed by atoms with van der Waals surface area (Å²) in [7, 11) is 0. The molecule has 1 aromatic carbocycles. The van der Waals surface area contributed by atoms with Gasteiger partial charge in [0.15, 0.2) is 0 Å². The summed E-state index contributed by atoms with van der Waals surface area (Å²) in [6, 6.07) is 8.30. The van der Waals surface area contributed by atoms with Crippen LogP contribution in [-0.4, -0.2) is 80.5 Å². The number of hydrogen-bond donors (Lipinski definition) is 0. The molecular weight excluding hydrogens is 572 g/mol. The van der Waals surface area contributed by atoms with Crippen LogP contribution in [0, 0.1) is 5.82 Å². The highest BCUT2D eigenvalue weighted by Gasteiger charge is 2.54. The van der Waals surface area contributed by atoms with Crippen molar-refractivity contribution in [2.75, 3.05) is 31.1 Å². The molecule has 0 radical (unpaired) electrons. The van der Waals surface area contributed by atoms with Crippen molar-refractivity contribution >= 4 is 17.7 Å². The Morgan fingerprint density at radius 3 is 2.44 bits per heavy atom. The topological polar surface area (TPSA) is 105 Å². The van der Waals surface area contributed by atoms with E-state index in [9.17, 15) is 22.8 Å². The third-order valence-electron chi connectivity index (χ3n) is 7.31. The number of pyridine rings is 1. The Labute approximate surface area is 245 Å². The maximum absolute atomic E-state index is 16.1. The standard InChI is InChI=1S/C29H32F4N6O4/c1-28(2,3)43-27(41)37-11-9-21(10-12-37)38-16-29(33,17-38)26(40)39(22-6-4-5-19(30)13-22)15-20-8-7-18(14-34-20)24-35-36-25(42-24)23(31)32/h4-8,13-14,21,23H,9-12,15-17H2,1-3H3. The number of hydrogen-bond acceptors (Lipinski definition) is 8. The first-order chi connectivity index (χ1) is 20.3. The van der Waals surface area contributed by atoms with E-state index in [4.69, 9.17) is 9.15 Å². The van der Waals surface area contributed by atoms with Crippen LogP contribution in [-0.2, 0) is 16.1 Å². The molecule has 2 aromatic heterocycles. The molecule has 10 nitrogen and oxygen atoms in total. The van der Waals surface area contributed by atoms with Gasteiger partial charge in [0.2, 0.25) is 11.6 Å². The van der Waals surface area contributed by atoms with Gasteiger partial charge in [-0.15, -0.1) is 10.2 Å². The number of halogens is 4. The van der Waals surface area contributed by atoms with Crippen molar-refractivity contribution in [3.8, 4) is 11.5 Å². The van der Waals surface area contributed by atoms with Crippen molar-refractivity contribution < 1.29 is 36.3 Å². The molecule has 0 unspecified atom stereocenters. The number of amides is 2. The lowest BCUT2D eigenvalue weighted by molar-refractivity contribution is -0.146. The summed E-state index contributed by atoms with van der Waals surface area (Å²) in [5.74, 6) is -2.39. The Morgan fingerprint density at radius 2 is 1.86 bits per heavy atom. The maximum atomic E-state index is 16.1. The van der Waals surface area contributed by atoms with Crippen LogP contribution in [0.15, 0.2) is 47.0 Å². The molecule has 0 aliphatic carbocycles. The van der Waals surface area contributed by atoms with Gasteiger partial charge in [0.1, 0.15) is 11.4 Å². The summed E-state index contributed by atoms with van der Waals surface area (Å²) in [6.07, 6.45) is -0.753. The maximum Gasteiger partial charge on any atom is 0.410 e. The van der Waals surface area contributed by atoms with Crippen molar-refractivity contribution in [3.05, 3.63) is 60.0 Å². The number of carbonyl (C=O) groups excluding carboxylic acids is 2. The first-order valence-electron chi connectivity index (χ1n) is 13.9. The van der Waals surface area contributed by atoms with Crippen LogP contribution < -0.4 is 4.90 Å². The number of piperidine rings is 1. The van der Waals surface area contributed by atoms with Gasteiger partial charge in [-0.3, -0.25) is 14.7 Å². The highest BCUT2D eigenvalue weighted by atomic mass is 19.3. The average Bonchev–Trinajstić information content (AvgIpc) is 3.44. The Hall–Kier alpha value is -4.07. The van der Waals surface area contributed by atoms with E-state index >= 15 is 4.39 Å². The van der Waals surface area contributed by atoms with Gasteiger partial charge in [-0.1, -0.05) is 6.07 Å². The van der Waals surface area contributed by atoms with Crippen molar-refractivity contribution in [2.45, 2.75) is 63.9 Å². The van der Waals surface area contributed by atoms with Crippen LogP contribution in [0.1, 0.15) is 51.6 Å². The van der Waals surface area contributed by atoms with E-state index in [2.05, 4.69) is 15.2 Å². The third kappa shape index (κ3) is 6.95. The molecule has 2 aliphatic heterocycles. The molecule has 2 saturated heterocycles. The van der Waals surface area contributed by atoms with E-state index in [1.807, 2.05) is 4.90 Å². The van der Waals surface area contributed by atoms with Gasteiger partial charge >= 0.3 is 12.5 Å². The Balaban J connectivity index is 1.25. The number of aromatic nitrogens is 3. The van der Waals surface area contributed by atoms with E-state index < -0.39 is 35.3 Å². The zero-order chi connectivity index (χ0) is 30.9. The molecule has 2 amide bonds. The minimum absolute atomic E-state index is 0.00230. The summed E-state index contributed by atoms with van der Waals surface area (Å²) < 4.78 is 66.2. The lowest BCUT2D eigenvalue weighted by atomic mass is 9.89. The fourth-order valence-corrected chi connectivity index (χ4v) is 5.14. The number of anilines is 1. The lowest BCUT2D eigenvalue weighted by Gasteiger charge is -2.50. The van der Waals surface area contributed by atoms with Gasteiger partial charge in [0, 0.05) is 44.1 Å². The average molecular weight is 605 g/mol. The van der Waals surface area contributed by atoms with E-state index in [0.29, 0.717) is 31.6 Å². The summed E-state index contributed by atoms with van der Waals surface area (Å²) in [6.45, 7) is 5.90. The summed E-state index contributed by atoms with van der Waals surface area (Å²) in [4.78, 5) is 34.9. The number of benzene rings is 1. The zero-order valence-corrected chi connectivity index (χ0v) is 24.0. The minimum Gasteiger partial charge on any atom is -0.444 e. The van der Waals surface area contributed by atoms with Crippen LogP contribution in [0.3, 0.4) is 0 Å². The molecule has 3 aromatic rings. The van der Waals surface area contributed by atoms with Gasteiger partial charge in [-0.2, -0.15) is 8.78 Å². The quantitative estimate of drug-likeness (QED) is 0.341.